The van der Waals surface area contributed by atoms with Crippen LogP contribution < -0.4 is 4.74 Å². The van der Waals surface area contributed by atoms with E-state index in [2.05, 4.69) is 16.0 Å². The summed E-state index contributed by atoms with van der Waals surface area (Å²) in [4.78, 5) is 8.93. The summed E-state index contributed by atoms with van der Waals surface area (Å²) in [5, 5.41) is 2.96. The van der Waals surface area contributed by atoms with Gasteiger partial charge in [0.05, 0.1) is 17.5 Å². The second-order valence-corrected chi connectivity index (χ2v) is 6.98. The molecule has 130 valence electrons. The summed E-state index contributed by atoms with van der Waals surface area (Å²) >= 11 is 1.62. The molecule has 0 saturated heterocycles. The highest BCUT2D eigenvalue weighted by Crippen LogP contribution is 2.31. The van der Waals surface area contributed by atoms with Crippen LogP contribution >= 0.6 is 11.3 Å². The Hall–Kier alpha value is -3.44. The Morgan fingerprint density at radius 2 is 1.63 bits per heavy atom. The van der Waals surface area contributed by atoms with E-state index in [4.69, 9.17) is 4.74 Å². The van der Waals surface area contributed by atoms with Gasteiger partial charge in [-0.2, -0.15) is 0 Å². The quantitative estimate of drug-likeness (QED) is 0.395. The molecule has 0 N–H and O–H groups in total. The molecule has 3 heterocycles. The highest BCUT2D eigenvalue weighted by molar-refractivity contribution is 7.13. The van der Waals surface area contributed by atoms with E-state index in [1.807, 2.05) is 89.2 Å². The van der Waals surface area contributed by atoms with Crippen molar-refractivity contribution in [3.8, 4) is 33.3 Å². The summed E-state index contributed by atoms with van der Waals surface area (Å²) in [6, 6.07) is 22.1. The number of hydrogen-bond donors (Lipinski definition) is 0. The number of pyridine rings is 1. The predicted octanol–water partition coefficient (Wildman–Crippen LogP) is 5.92. The standard InChI is InChI=1S/C22H15N3OS/c1-2-11-25-15-24-21(20(25)9-1)16-5-3-7-18(13-16)26-19-8-4-6-17(14-19)22-23-10-12-27-22/h1-15H. The van der Waals surface area contributed by atoms with Crippen molar-refractivity contribution in [2.75, 3.05) is 0 Å². The molecule has 0 radical (unpaired) electrons. The van der Waals surface area contributed by atoms with Gasteiger partial charge in [-0.15, -0.1) is 11.3 Å². The van der Waals surface area contributed by atoms with Crippen molar-refractivity contribution in [1.29, 1.82) is 0 Å². The minimum Gasteiger partial charge on any atom is -0.457 e. The van der Waals surface area contributed by atoms with E-state index in [0.29, 0.717) is 0 Å². The molecule has 2 aromatic carbocycles. The number of aromatic nitrogens is 3. The minimum atomic E-state index is 0.779. The third-order valence-electron chi connectivity index (χ3n) is 4.30. The molecule has 4 nitrogen and oxygen atoms in total. The van der Waals surface area contributed by atoms with Crippen LogP contribution in [0.4, 0.5) is 0 Å². The molecule has 27 heavy (non-hydrogen) atoms. The van der Waals surface area contributed by atoms with Crippen LogP contribution in [0.2, 0.25) is 0 Å². The van der Waals surface area contributed by atoms with Gasteiger partial charge in [0.1, 0.15) is 16.5 Å². The van der Waals surface area contributed by atoms with E-state index >= 15 is 0 Å². The van der Waals surface area contributed by atoms with Crippen LogP contribution in [-0.4, -0.2) is 14.4 Å². The SMILES string of the molecule is c1cc(Oc2cccc(-c3ncn4ccccc34)c2)cc(-c2nccs2)c1. The number of fused-ring (bicyclic) bond motifs is 1. The summed E-state index contributed by atoms with van der Waals surface area (Å²) < 4.78 is 8.12. The topological polar surface area (TPSA) is 39.4 Å². The van der Waals surface area contributed by atoms with Gasteiger partial charge in [0.2, 0.25) is 0 Å². The van der Waals surface area contributed by atoms with Gasteiger partial charge in [-0.25, -0.2) is 9.97 Å². The Kier molecular flexibility index (Phi) is 3.92. The van der Waals surface area contributed by atoms with E-state index in [1.165, 1.54) is 0 Å². The molecule has 0 atom stereocenters. The first kappa shape index (κ1) is 15.8. The zero-order valence-electron chi connectivity index (χ0n) is 14.3. The van der Waals surface area contributed by atoms with E-state index in [-0.39, 0.29) is 0 Å². The first-order chi connectivity index (χ1) is 13.4. The van der Waals surface area contributed by atoms with E-state index < -0.39 is 0 Å². The number of thiazole rings is 1. The molecule has 3 aromatic heterocycles. The Morgan fingerprint density at radius 3 is 2.44 bits per heavy atom. The zero-order chi connectivity index (χ0) is 18.1. The molecule has 5 rings (SSSR count). The Bertz CT molecular complexity index is 1210. The molecular weight excluding hydrogens is 354 g/mol. The molecule has 0 bridgehead atoms. The maximum absolute atomic E-state index is 6.11. The van der Waals surface area contributed by atoms with Crippen molar-refractivity contribution in [3.05, 3.63) is 90.8 Å². The lowest BCUT2D eigenvalue weighted by atomic mass is 10.1. The first-order valence-electron chi connectivity index (χ1n) is 8.57. The van der Waals surface area contributed by atoms with Crippen molar-refractivity contribution >= 4 is 16.9 Å². The first-order valence-corrected chi connectivity index (χ1v) is 9.45. The fraction of sp³-hybridized carbons (Fsp3) is 0. The van der Waals surface area contributed by atoms with E-state index in [9.17, 15) is 0 Å². The van der Waals surface area contributed by atoms with Crippen LogP contribution in [0.1, 0.15) is 0 Å². The predicted molar refractivity (Wildman–Crippen MR) is 108 cm³/mol. The van der Waals surface area contributed by atoms with Gasteiger partial charge >= 0.3 is 0 Å². The summed E-state index contributed by atoms with van der Waals surface area (Å²) in [5.41, 5.74) is 4.09. The van der Waals surface area contributed by atoms with Crippen molar-refractivity contribution < 1.29 is 4.74 Å². The number of rotatable bonds is 4. The van der Waals surface area contributed by atoms with Crippen LogP contribution in [0, 0.1) is 0 Å². The lowest BCUT2D eigenvalue weighted by molar-refractivity contribution is 0.483. The van der Waals surface area contributed by atoms with Crippen LogP contribution in [0.5, 0.6) is 11.5 Å². The number of imidazole rings is 1. The second kappa shape index (κ2) is 6.70. The largest absolute Gasteiger partial charge is 0.457 e. The maximum atomic E-state index is 6.11. The third-order valence-corrected chi connectivity index (χ3v) is 5.12. The van der Waals surface area contributed by atoms with Crippen LogP contribution in [0.15, 0.2) is 90.8 Å². The van der Waals surface area contributed by atoms with E-state index in [1.54, 1.807) is 11.3 Å². The van der Waals surface area contributed by atoms with Crippen LogP contribution in [0.3, 0.4) is 0 Å². The fourth-order valence-corrected chi connectivity index (χ4v) is 3.70. The molecule has 0 aliphatic heterocycles. The smallest absolute Gasteiger partial charge is 0.128 e. The minimum absolute atomic E-state index is 0.779. The van der Waals surface area contributed by atoms with Gasteiger partial charge in [-0.05, 0) is 36.4 Å². The highest BCUT2D eigenvalue weighted by atomic mass is 32.1. The molecule has 0 aliphatic rings. The molecule has 0 aliphatic carbocycles. The molecule has 5 heteroatoms. The van der Waals surface area contributed by atoms with Crippen molar-refractivity contribution in [2.45, 2.75) is 0 Å². The Morgan fingerprint density at radius 1 is 0.815 bits per heavy atom. The van der Waals surface area contributed by atoms with Gasteiger partial charge in [-0.3, -0.25) is 0 Å². The van der Waals surface area contributed by atoms with E-state index in [0.717, 1.165) is 38.8 Å². The molecule has 0 unspecified atom stereocenters. The molecule has 0 amide bonds. The average Bonchev–Trinajstić information content (AvgIpc) is 3.39. The molecule has 0 spiro atoms. The van der Waals surface area contributed by atoms with Gasteiger partial charge in [-0.1, -0.05) is 30.3 Å². The monoisotopic (exact) mass is 369 g/mol. The lowest BCUT2D eigenvalue weighted by Crippen LogP contribution is -1.87. The summed E-state index contributed by atoms with van der Waals surface area (Å²) in [6.45, 7) is 0. The molecule has 0 fully saturated rings. The lowest BCUT2D eigenvalue weighted by Gasteiger charge is -2.08. The number of benzene rings is 2. The Balaban J connectivity index is 1.47. The maximum Gasteiger partial charge on any atom is 0.128 e. The molecule has 0 saturated carbocycles. The van der Waals surface area contributed by atoms with Crippen LogP contribution in [0.25, 0.3) is 27.3 Å². The number of nitrogens with zero attached hydrogens (tertiary/aromatic N) is 3. The molecule has 5 aromatic rings. The summed E-state index contributed by atoms with van der Waals surface area (Å²) in [6.07, 6.45) is 5.64. The van der Waals surface area contributed by atoms with Crippen molar-refractivity contribution in [2.24, 2.45) is 0 Å². The number of hydrogen-bond acceptors (Lipinski definition) is 4. The van der Waals surface area contributed by atoms with Gasteiger partial charge in [0, 0.05) is 28.9 Å². The highest BCUT2D eigenvalue weighted by Gasteiger charge is 2.09. The third kappa shape index (κ3) is 3.09. The summed E-state index contributed by atoms with van der Waals surface area (Å²) in [7, 11) is 0. The average molecular weight is 369 g/mol. The van der Waals surface area contributed by atoms with Crippen molar-refractivity contribution in [1.82, 2.24) is 14.4 Å². The van der Waals surface area contributed by atoms with Gasteiger partial charge in [0.15, 0.2) is 0 Å². The van der Waals surface area contributed by atoms with Gasteiger partial charge in [0.25, 0.3) is 0 Å². The zero-order valence-corrected chi connectivity index (χ0v) is 15.1. The van der Waals surface area contributed by atoms with Crippen LogP contribution in [-0.2, 0) is 0 Å². The second-order valence-electron chi connectivity index (χ2n) is 6.08. The normalized spacial score (nSPS) is 11.0. The Labute approximate surface area is 160 Å². The van der Waals surface area contributed by atoms with Gasteiger partial charge < -0.3 is 9.14 Å². The molecular formula is C22H15N3OS. The van der Waals surface area contributed by atoms with Crippen molar-refractivity contribution in [3.63, 3.8) is 0 Å². The number of ether oxygens (including phenoxy) is 1. The summed E-state index contributed by atoms with van der Waals surface area (Å²) in [5.74, 6) is 1.57. The fourth-order valence-electron chi connectivity index (χ4n) is 3.07.